The smallest absolute Gasteiger partial charge is 0.466 e. The van der Waals surface area contributed by atoms with Crippen molar-refractivity contribution in [3.8, 4) is 0 Å². The summed E-state index contributed by atoms with van der Waals surface area (Å²) in [6.45, 7) is 9.84. The zero-order chi connectivity index (χ0) is 36.7. The Morgan fingerprint density at radius 2 is 1.06 bits per heavy atom. The van der Waals surface area contributed by atoms with E-state index in [0.717, 1.165) is 88.8 Å². The number of rotatable bonds is 29. The van der Waals surface area contributed by atoms with E-state index in [9.17, 15) is 19.2 Å². The third kappa shape index (κ3) is 17.8. The summed E-state index contributed by atoms with van der Waals surface area (Å²) in [5.41, 5.74) is 0.0762. The van der Waals surface area contributed by atoms with Gasteiger partial charge in [-0.2, -0.15) is 0 Å². The van der Waals surface area contributed by atoms with Crippen molar-refractivity contribution >= 4 is 24.1 Å². The van der Waals surface area contributed by atoms with Gasteiger partial charge in [-0.15, -0.1) is 0 Å². The van der Waals surface area contributed by atoms with Crippen LogP contribution in [0.4, 0.5) is 4.79 Å². The number of carbonyl (C=O) groups is 4. The molecule has 294 valence electrons. The van der Waals surface area contributed by atoms with Crippen LogP contribution in [0.25, 0.3) is 0 Å². The highest BCUT2D eigenvalue weighted by Gasteiger charge is 2.51. The highest BCUT2D eigenvalue weighted by molar-refractivity contribution is 5.71. The molecule has 0 heterocycles. The zero-order valence-electron chi connectivity index (χ0n) is 32.4. The fourth-order valence-electron chi connectivity index (χ4n) is 8.92. The molecule has 1 unspecified atom stereocenters. The Morgan fingerprint density at radius 3 is 1.65 bits per heavy atom. The van der Waals surface area contributed by atoms with E-state index in [2.05, 4.69) is 25.7 Å². The lowest BCUT2D eigenvalue weighted by molar-refractivity contribution is -0.155. The molecule has 4 bridgehead atoms. The Bertz CT molecular complexity index is 978. The molecule has 4 fully saturated rings. The SMILES string of the molecule is CCCCCCCCCOC(=O)CCCCCCC(=O)OCC(COC(=O)CC12CC3CC(CC(C3)C1)C2)COC(=O)OCCCN(CC)CC. The highest BCUT2D eigenvalue weighted by atomic mass is 16.7. The summed E-state index contributed by atoms with van der Waals surface area (Å²) in [7, 11) is 0. The molecule has 0 spiro atoms. The first-order valence-electron chi connectivity index (χ1n) is 20.7. The minimum absolute atomic E-state index is 0.0106. The van der Waals surface area contributed by atoms with E-state index in [0.29, 0.717) is 32.3 Å². The maximum absolute atomic E-state index is 13.1. The average molecular weight is 722 g/mol. The molecular formula is C41H71NO9. The second kappa shape index (κ2) is 24.8. The van der Waals surface area contributed by atoms with Crippen molar-refractivity contribution in [1.82, 2.24) is 4.90 Å². The minimum Gasteiger partial charge on any atom is -0.466 e. The van der Waals surface area contributed by atoms with Gasteiger partial charge in [0, 0.05) is 19.4 Å². The van der Waals surface area contributed by atoms with Gasteiger partial charge in [0.05, 0.1) is 25.6 Å². The lowest BCUT2D eigenvalue weighted by atomic mass is 9.49. The van der Waals surface area contributed by atoms with Gasteiger partial charge in [-0.3, -0.25) is 14.4 Å². The van der Waals surface area contributed by atoms with Crippen molar-refractivity contribution in [2.45, 2.75) is 156 Å². The molecule has 0 N–H and O–H groups in total. The van der Waals surface area contributed by atoms with Crippen molar-refractivity contribution < 1.29 is 42.9 Å². The number of hydrogen-bond donors (Lipinski definition) is 0. The molecule has 0 radical (unpaired) electrons. The normalized spacial score (nSPS) is 22.5. The van der Waals surface area contributed by atoms with Gasteiger partial charge in [0.1, 0.15) is 19.8 Å². The molecule has 0 aromatic rings. The number of hydrogen-bond acceptors (Lipinski definition) is 10. The van der Waals surface area contributed by atoms with Crippen molar-refractivity contribution in [2.24, 2.45) is 29.1 Å². The van der Waals surface area contributed by atoms with Crippen LogP contribution in [0, 0.1) is 29.1 Å². The van der Waals surface area contributed by atoms with E-state index < -0.39 is 12.1 Å². The van der Waals surface area contributed by atoms with E-state index in [1.54, 1.807) is 0 Å². The van der Waals surface area contributed by atoms with Crippen molar-refractivity contribution in [2.75, 3.05) is 52.7 Å². The van der Waals surface area contributed by atoms with Crippen LogP contribution < -0.4 is 0 Å². The molecule has 0 amide bonds. The van der Waals surface area contributed by atoms with Gasteiger partial charge in [-0.25, -0.2) is 4.79 Å². The summed E-state index contributed by atoms with van der Waals surface area (Å²) < 4.78 is 27.3. The van der Waals surface area contributed by atoms with Crippen LogP contribution in [0.1, 0.15) is 156 Å². The summed E-state index contributed by atoms with van der Waals surface area (Å²) >= 11 is 0. The maximum Gasteiger partial charge on any atom is 0.508 e. The van der Waals surface area contributed by atoms with Gasteiger partial charge >= 0.3 is 24.1 Å². The minimum atomic E-state index is -0.771. The lowest BCUT2D eigenvalue weighted by Crippen LogP contribution is -2.47. The first kappa shape index (κ1) is 43.0. The number of unbranched alkanes of at least 4 members (excludes halogenated alkanes) is 9. The Labute approximate surface area is 308 Å². The number of carbonyl (C=O) groups excluding carboxylic acids is 4. The van der Waals surface area contributed by atoms with Crippen LogP contribution in [0.5, 0.6) is 0 Å². The molecule has 51 heavy (non-hydrogen) atoms. The average Bonchev–Trinajstić information content (AvgIpc) is 3.09. The quantitative estimate of drug-likeness (QED) is 0.0421. The number of ether oxygens (including phenoxy) is 5. The van der Waals surface area contributed by atoms with E-state index in [1.807, 2.05) is 0 Å². The molecule has 4 saturated carbocycles. The van der Waals surface area contributed by atoms with Crippen LogP contribution in [0.2, 0.25) is 0 Å². The largest absolute Gasteiger partial charge is 0.508 e. The van der Waals surface area contributed by atoms with Gasteiger partial charge in [-0.1, -0.05) is 72.1 Å². The summed E-state index contributed by atoms with van der Waals surface area (Å²) in [5.74, 6) is 1.08. The van der Waals surface area contributed by atoms with Gasteiger partial charge in [0.15, 0.2) is 0 Å². The van der Waals surface area contributed by atoms with E-state index >= 15 is 0 Å². The predicted molar refractivity (Wildman–Crippen MR) is 197 cm³/mol. The Balaban J connectivity index is 1.31. The third-order valence-corrected chi connectivity index (χ3v) is 11.3. The number of nitrogens with zero attached hydrogens (tertiary/aromatic N) is 1. The highest BCUT2D eigenvalue weighted by Crippen LogP contribution is 2.61. The maximum atomic E-state index is 13.1. The second-order valence-electron chi connectivity index (χ2n) is 15.9. The van der Waals surface area contributed by atoms with Crippen LogP contribution in [0.15, 0.2) is 0 Å². The monoisotopic (exact) mass is 722 g/mol. The Morgan fingerprint density at radius 1 is 0.569 bits per heavy atom. The Hall–Kier alpha value is -2.36. The molecule has 4 aliphatic carbocycles. The van der Waals surface area contributed by atoms with Crippen LogP contribution in [-0.4, -0.2) is 81.6 Å². The molecular weight excluding hydrogens is 650 g/mol. The van der Waals surface area contributed by atoms with Gasteiger partial charge in [0.2, 0.25) is 0 Å². The topological polar surface area (TPSA) is 118 Å². The molecule has 10 heteroatoms. The second-order valence-corrected chi connectivity index (χ2v) is 15.9. The molecule has 1 atom stereocenters. The number of esters is 3. The molecule has 0 aromatic carbocycles. The zero-order valence-corrected chi connectivity index (χ0v) is 32.4. The molecule has 0 aliphatic heterocycles. The fraction of sp³-hybridized carbons (Fsp3) is 0.902. The van der Waals surface area contributed by atoms with Crippen molar-refractivity contribution in [1.29, 1.82) is 0 Å². The molecule has 4 rings (SSSR count). The first-order chi connectivity index (χ1) is 24.7. The summed E-state index contributed by atoms with van der Waals surface area (Å²) in [4.78, 5) is 52.2. The van der Waals surface area contributed by atoms with Crippen LogP contribution in [0.3, 0.4) is 0 Å². The third-order valence-electron chi connectivity index (χ3n) is 11.3. The van der Waals surface area contributed by atoms with Crippen molar-refractivity contribution in [3.63, 3.8) is 0 Å². The molecule has 0 aromatic heterocycles. The first-order valence-corrected chi connectivity index (χ1v) is 20.7. The summed E-state index contributed by atoms with van der Waals surface area (Å²) in [6, 6.07) is 0. The Kier molecular flexibility index (Phi) is 20.9. The van der Waals surface area contributed by atoms with Gasteiger partial charge in [0.25, 0.3) is 0 Å². The fourth-order valence-corrected chi connectivity index (χ4v) is 8.92. The van der Waals surface area contributed by atoms with E-state index in [-0.39, 0.29) is 56.2 Å². The predicted octanol–water partition coefficient (Wildman–Crippen LogP) is 8.82. The van der Waals surface area contributed by atoms with Gasteiger partial charge < -0.3 is 28.6 Å². The molecule has 10 nitrogen and oxygen atoms in total. The lowest BCUT2D eigenvalue weighted by Gasteiger charge is -2.56. The molecule has 4 aliphatic rings. The summed E-state index contributed by atoms with van der Waals surface area (Å²) in [6.07, 6.45) is 19.8. The van der Waals surface area contributed by atoms with E-state index in [1.165, 1.54) is 51.4 Å². The standard InChI is InChI=1S/C41H71NO9/c1-4-7-8-9-10-13-16-21-47-37(43)18-14-11-12-15-19-38(44)49-30-36(32-51-40(46)48-22-17-20-42(5-2)6-3)31-50-39(45)29-41-26-33-23-34(27-41)25-35(24-33)28-41/h33-36H,4-32H2,1-3H3. The summed E-state index contributed by atoms with van der Waals surface area (Å²) in [5, 5.41) is 0. The molecule has 0 saturated heterocycles. The van der Waals surface area contributed by atoms with E-state index in [4.69, 9.17) is 23.7 Å². The van der Waals surface area contributed by atoms with Crippen molar-refractivity contribution in [3.05, 3.63) is 0 Å². The van der Waals surface area contributed by atoms with Gasteiger partial charge in [-0.05, 0) is 100 Å². The van der Waals surface area contributed by atoms with Crippen LogP contribution in [-0.2, 0) is 38.1 Å². The van der Waals surface area contributed by atoms with Crippen LogP contribution >= 0.6 is 0 Å².